The highest BCUT2D eigenvalue weighted by Crippen LogP contribution is 2.15. The molecule has 2 amide bonds. The van der Waals surface area contributed by atoms with Crippen LogP contribution in [0.4, 0.5) is 0 Å². The predicted molar refractivity (Wildman–Crippen MR) is 112 cm³/mol. The highest BCUT2D eigenvalue weighted by Gasteiger charge is 2.29. The number of aryl methyl sites for hydroxylation is 2. The van der Waals surface area contributed by atoms with Gasteiger partial charge in [0.15, 0.2) is 0 Å². The molecule has 1 aliphatic heterocycles. The van der Waals surface area contributed by atoms with Crippen molar-refractivity contribution in [1.29, 1.82) is 0 Å². The van der Waals surface area contributed by atoms with E-state index in [0.717, 1.165) is 37.1 Å². The molecule has 0 N–H and O–H groups in total. The lowest BCUT2D eigenvalue weighted by Crippen LogP contribution is -2.55. The van der Waals surface area contributed by atoms with E-state index in [1.165, 1.54) is 0 Å². The lowest BCUT2D eigenvalue weighted by Gasteiger charge is -2.40. The molecular weight excluding hydrogens is 364 g/mol. The van der Waals surface area contributed by atoms with Gasteiger partial charge in [-0.15, -0.1) is 0 Å². The van der Waals surface area contributed by atoms with E-state index in [1.807, 2.05) is 53.1 Å². The van der Waals surface area contributed by atoms with Crippen molar-refractivity contribution in [2.45, 2.75) is 51.5 Å². The van der Waals surface area contributed by atoms with E-state index in [4.69, 9.17) is 0 Å². The summed E-state index contributed by atoms with van der Waals surface area (Å²) >= 11 is 0. The number of hydrogen-bond donors (Lipinski definition) is 0. The molecule has 0 aliphatic carbocycles. The minimum absolute atomic E-state index is 0.0610. The maximum absolute atomic E-state index is 12.6. The second-order valence-electron chi connectivity index (χ2n) is 7.63. The molecule has 0 aromatic carbocycles. The standard InChI is InChI=1S/C23H30N4O2/c1-19-18-26(22(28)12-6-10-20-8-2-4-14-24-20)16-17-27(19)23(29)13-7-11-21-9-3-5-15-25-21/h2-5,8-9,14-15,19H,6-7,10-13,16-18H2,1H3/t19-/m0/s1. The second kappa shape index (κ2) is 10.7. The number of pyridine rings is 2. The SMILES string of the molecule is C[C@H]1CN(C(=O)CCCc2ccccn2)CCN1C(=O)CCCc1ccccn1. The number of carbonyl (C=O) groups excluding carboxylic acids is 2. The molecule has 1 saturated heterocycles. The summed E-state index contributed by atoms with van der Waals surface area (Å²) in [5.74, 6) is 0.353. The normalized spacial score (nSPS) is 16.7. The van der Waals surface area contributed by atoms with E-state index in [1.54, 1.807) is 12.4 Å². The fourth-order valence-electron chi connectivity index (χ4n) is 3.79. The minimum atomic E-state index is 0.0610. The molecule has 0 radical (unpaired) electrons. The molecule has 3 rings (SSSR count). The molecular formula is C23H30N4O2. The fraction of sp³-hybridized carbons (Fsp3) is 0.478. The van der Waals surface area contributed by atoms with Crippen molar-refractivity contribution in [1.82, 2.24) is 19.8 Å². The van der Waals surface area contributed by atoms with Crippen LogP contribution < -0.4 is 0 Å². The first-order valence-corrected chi connectivity index (χ1v) is 10.5. The van der Waals surface area contributed by atoms with Crippen molar-refractivity contribution in [2.75, 3.05) is 19.6 Å². The van der Waals surface area contributed by atoms with Gasteiger partial charge in [0.2, 0.25) is 11.8 Å². The third-order valence-electron chi connectivity index (χ3n) is 5.40. The zero-order valence-electron chi connectivity index (χ0n) is 17.2. The van der Waals surface area contributed by atoms with Crippen LogP contribution in [0.15, 0.2) is 48.8 Å². The number of aromatic nitrogens is 2. The molecule has 0 bridgehead atoms. The zero-order chi connectivity index (χ0) is 20.5. The Balaban J connectivity index is 1.37. The van der Waals surface area contributed by atoms with Gasteiger partial charge in [0.1, 0.15) is 0 Å². The van der Waals surface area contributed by atoms with Gasteiger partial charge < -0.3 is 9.80 Å². The lowest BCUT2D eigenvalue weighted by molar-refractivity contribution is -0.142. The Bertz CT molecular complexity index is 782. The molecule has 0 spiro atoms. The van der Waals surface area contributed by atoms with Crippen LogP contribution in [-0.2, 0) is 22.4 Å². The van der Waals surface area contributed by atoms with Crippen LogP contribution in [0.2, 0.25) is 0 Å². The van der Waals surface area contributed by atoms with E-state index in [-0.39, 0.29) is 17.9 Å². The van der Waals surface area contributed by atoms with Crippen molar-refractivity contribution < 1.29 is 9.59 Å². The number of amides is 2. The Labute approximate surface area is 173 Å². The summed E-state index contributed by atoms with van der Waals surface area (Å²) in [6, 6.07) is 11.8. The quantitative estimate of drug-likeness (QED) is 0.691. The van der Waals surface area contributed by atoms with Gasteiger partial charge in [-0.05, 0) is 56.9 Å². The van der Waals surface area contributed by atoms with E-state index < -0.39 is 0 Å². The Kier molecular flexibility index (Phi) is 7.73. The first-order valence-electron chi connectivity index (χ1n) is 10.5. The summed E-state index contributed by atoms with van der Waals surface area (Å²) in [6.07, 6.45) is 7.86. The second-order valence-corrected chi connectivity index (χ2v) is 7.63. The van der Waals surface area contributed by atoms with Crippen molar-refractivity contribution in [3.63, 3.8) is 0 Å². The van der Waals surface area contributed by atoms with Crippen LogP contribution >= 0.6 is 0 Å². The maximum Gasteiger partial charge on any atom is 0.222 e. The Morgan fingerprint density at radius 1 is 0.897 bits per heavy atom. The summed E-state index contributed by atoms with van der Waals surface area (Å²) in [7, 11) is 0. The van der Waals surface area contributed by atoms with Gasteiger partial charge in [0, 0.05) is 62.3 Å². The molecule has 6 heteroatoms. The number of carbonyl (C=O) groups is 2. The van der Waals surface area contributed by atoms with Gasteiger partial charge in [-0.1, -0.05) is 12.1 Å². The summed E-state index contributed by atoms with van der Waals surface area (Å²) in [4.78, 5) is 37.6. The predicted octanol–water partition coefficient (Wildman–Crippen LogP) is 2.88. The highest BCUT2D eigenvalue weighted by atomic mass is 16.2. The molecule has 154 valence electrons. The summed E-state index contributed by atoms with van der Waals surface area (Å²) in [6.45, 7) is 3.90. The smallest absolute Gasteiger partial charge is 0.222 e. The lowest BCUT2D eigenvalue weighted by atomic mass is 10.1. The zero-order valence-corrected chi connectivity index (χ0v) is 17.2. The number of hydrogen-bond acceptors (Lipinski definition) is 4. The van der Waals surface area contributed by atoms with E-state index >= 15 is 0 Å². The molecule has 1 fully saturated rings. The summed E-state index contributed by atoms with van der Waals surface area (Å²) in [5.41, 5.74) is 2.05. The van der Waals surface area contributed by atoms with E-state index in [0.29, 0.717) is 32.5 Å². The third-order valence-corrected chi connectivity index (χ3v) is 5.40. The minimum Gasteiger partial charge on any atom is -0.339 e. The molecule has 2 aromatic rings. The molecule has 2 aromatic heterocycles. The monoisotopic (exact) mass is 394 g/mol. The van der Waals surface area contributed by atoms with Crippen molar-refractivity contribution in [3.05, 3.63) is 60.2 Å². The molecule has 29 heavy (non-hydrogen) atoms. The van der Waals surface area contributed by atoms with Crippen molar-refractivity contribution in [3.8, 4) is 0 Å². The molecule has 0 saturated carbocycles. The van der Waals surface area contributed by atoms with Gasteiger partial charge >= 0.3 is 0 Å². The summed E-state index contributed by atoms with van der Waals surface area (Å²) < 4.78 is 0. The average molecular weight is 395 g/mol. The first kappa shape index (κ1) is 21.0. The van der Waals surface area contributed by atoms with Crippen LogP contribution in [0.3, 0.4) is 0 Å². The molecule has 1 atom stereocenters. The molecule has 1 aliphatic rings. The van der Waals surface area contributed by atoms with Crippen molar-refractivity contribution in [2.24, 2.45) is 0 Å². The Morgan fingerprint density at radius 2 is 1.48 bits per heavy atom. The average Bonchev–Trinajstić information content (AvgIpc) is 2.75. The summed E-state index contributed by atoms with van der Waals surface area (Å²) in [5, 5.41) is 0. The van der Waals surface area contributed by atoms with Crippen LogP contribution in [0.1, 0.15) is 44.0 Å². The van der Waals surface area contributed by atoms with Crippen LogP contribution in [0.25, 0.3) is 0 Å². The van der Waals surface area contributed by atoms with Crippen LogP contribution in [0.5, 0.6) is 0 Å². The van der Waals surface area contributed by atoms with Crippen LogP contribution in [-0.4, -0.2) is 57.3 Å². The van der Waals surface area contributed by atoms with Crippen LogP contribution in [0, 0.1) is 0 Å². The van der Waals surface area contributed by atoms with E-state index in [9.17, 15) is 9.59 Å². The molecule has 0 unspecified atom stereocenters. The largest absolute Gasteiger partial charge is 0.339 e. The van der Waals surface area contributed by atoms with Gasteiger partial charge in [-0.3, -0.25) is 19.6 Å². The third kappa shape index (κ3) is 6.38. The fourth-order valence-corrected chi connectivity index (χ4v) is 3.79. The Hall–Kier alpha value is -2.76. The number of piperazine rings is 1. The van der Waals surface area contributed by atoms with Gasteiger partial charge in [-0.25, -0.2) is 0 Å². The highest BCUT2D eigenvalue weighted by molar-refractivity contribution is 5.78. The van der Waals surface area contributed by atoms with Crippen molar-refractivity contribution >= 4 is 11.8 Å². The van der Waals surface area contributed by atoms with Gasteiger partial charge in [-0.2, -0.15) is 0 Å². The van der Waals surface area contributed by atoms with Gasteiger partial charge in [0.05, 0.1) is 0 Å². The number of rotatable bonds is 8. The van der Waals surface area contributed by atoms with E-state index in [2.05, 4.69) is 9.97 Å². The number of nitrogens with zero attached hydrogens (tertiary/aromatic N) is 4. The molecule has 3 heterocycles. The Morgan fingerprint density at radius 3 is 2.00 bits per heavy atom. The first-order chi connectivity index (χ1) is 14.1. The molecule has 6 nitrogen and oxygen atoms in total. The van der Waals surface area contributed by atoms with Gasteiger partial charge in [0.25, 0.3) is 0 Å². The maximum atomic E-state index is 12.6. The topological polar surface area (TPSA) is 66.4 Å².